The van der Waals surface area contributed by atoms with Crippen LogP contribution in [0.3, 0.4) is 0 Å². The summed E-state index contributed by atoms with van der Waals surface area (Å²) < 4.78 is 27.8. The number of thioether (sulfide) groups is 1. The van der Waals surface area contributed by atoms with Crippen molar-refractivity contribution in [2.45, 2.75) is 41.8 Å². The van der Waals surface area contributed by atoms with E-state index < -0.39 is 11.6 Å². The van der Waals surface area contributed by atoms with Crippen LogP contribution in [-0.4, -0.2) is 5.25 Å². The fourth-order valence-corrected chi connectivity index (χ4v) is 5.25. The van der Waals surface area contributed by atoms with Gasteiger partial charge in [-0.1, -0.05) is 13.0 Å². The molecule has 0 radical (unpaired) electrons. The lowest BCUT2D eigenvalue weighted by molar-refractivity contribution is 0.432. The topological polar surface area (TPSA) is 12.0 Å². The largest absolute Gasteiger partial charge is 0.303 e. The minimum absolute atomic E-state index is 0.0202. The highest BCUT2D eigenvalue weighted by molar-refractivity contribution is 8.01. The molecular formula is C16H17F2NS2. The Hall–Kier alpha value is -0.910. The average molecular weight is 325 g/mol. The predicted octanol–water partition coefficient (Wildman–Crippen LogP) is 5.30. The molecule has 2 unspecified atom stereocenters. The SMILES string of the molecule is CC(NC1C[C@H](C)Sc2sccc21)c1ccc(F)c(F)c1. The van der Waals surface area contributed by atoms with E-state index >= 15 is 0 Å². The minimum Gasteiger partial charge on any atom is -0.303 e. The molecule has 0 bridgehead atoms. The van der Waals surface area contributed by atoms with Gasteiger partial charge in [0.05, 0.1) is 4.21 Å². The number of rotatable bonds is 3. The van der Waals surface area contributed by atoms with E-state index in [9.17, 15) is 8.78 Å². The lowest BCUT2D eigenvalue weighted by Crippen LogP contribution is -2.28. The maximum absolute atomic E-state index is 13.4. The molecule has 2 heterocycles. The third kappa shape index (κ3) is 3.15. The molecule has 5 heteroatoms. The molecule has 0 amide bonds. The van der Waals surface area contributed by atoms with Gasteiger partial charge in [0.2, 0.25) is 0 Å². The van der Waals surface area contributed by atoms with E-state index in [1.54, 1.807) is 17.4 Å². The summed E-state index contributed by atoms with van der Waals surface area (Å²) in [6, 6.07) is 6.53. The van der Waals surface area contributed by atoms with Gasteiger partial charge in [-0.05, 0) is 48.1 Å². The van der Waals surface area contributed by atoms with Gasteiger partial charge in [-0.25, -0.2) is 8.78 Å². The molecule has 1 aliphatic heterocycles. The molecule has 3 rings (SSSR count). The summed E-state index contributed by atoms with van der Waals surface area (Å²) in [5, 5.41) is 6.24. The van der Waals surface area contributed by atoms with Crippen LogP contribution in [0.15, 0.2) is 33.9 Å². The summed E-state index contributed by atoms with van der Waals surface area (Å²) in [6.45, 7) is 4.22. The molecule has 0 fully saturated rings. The maximum Gasteiger partial charge on any atom is 0.159 e. The molecule has 0 saturated carbocycles. The molecule has 0 aliphatic carbocycles. The van der Waals surface area contributed by atoms with Gasteiger partial charge in [-0.3, -0.25) is 0 Å². The summed E-state index contributed by atoms with van der Waals surface area (Å²) in [6.07, 6.45) is 1.04. The molecule has 1 nitrogen and oxygen atoms in total. The Morgan fingerprint density at radius 1 is 1.24 bits per heavy atom. The Balaban J connectivity index is 1.79. The van der Waals surface area contributed by atoms with E-state index in [1.807, 2.05) is 18.7 Å². The summed E-state index contributed by atoms with van der Waals surface area (Å²) in [5.74, 6) is -1.58. The van der Waals surface area contributed by atoms with Crippen LogP contribution in [0, 0.1) is 11.6 Å². The summed E-state index contributed by atoms with van der Waals surface area (Å²) in [4.78, 5) is 0. The van der Waals surface area contributed by atoms with Crippen molar-refractivity contribution in [1.29, 1.82) is 0 Å². The first-order valence-electron chi connectivity index (χ1n) is 6.99. The lowest BCUT2D eigenvalue weighted by atomic mass is 10.0. The quantitative estimate of drug-likeness (QED) is 0.821. The number of hydrogen-bond acceptors (Lipinski definition) is 3. The van der Waals surface area contributed by atoms with Crippen LogP contribution >= 0.6 is 23.1 Å². The second kappa shape index (κ2) is 6.07. The normalized spacial score (nSPS) is 22.9. The molecular weight excluding hydrogens is 308 g/mol. The number of nitrogens with one attached hydrogen (secondary N) is 1. The van der Waals surface area contributed by atoms with Gasteiger partial charge in [0, 0.05) is 17.3 Å². The molecule has 0 saturated heterocycles. The van der Waals surface area contributed by atoms with E-state index in [0.29, 0.717) is 5.25 Å². The van der Waals surface area contributed by atoms with Crippen molar-refractivity contribution in [3.8, 4) is 0 Å². The first-order valence-corrected chi connectivity index (χ1v) is 8.75. The second-order valence-corrected chi connectivity index (χ2v) is 8.07. The van der Waals surface area contributed by atoms with Crippen LogP contribution in [-0.2, 0) is 0 Å². The first kappa shape index (κ1) is 15.0. The molecule has 1 aromatic carbocycles. The van der Waals surface area contributed by atoms with Crippen LogP contribution < -0.4 is 5.32 Å². The molecule has 1 N–H and O–H groups in total. The zero-order valence-electron chi connectivity index (χ0n) is 11.9. The fraction of sp³-hybridized carbons (Fsp3) is 0.375. The molecule has 1 aromatic heterocycles. The average Bonchev–Trinajstić information content (AvgIpc) is 2.90. The fourth-order valence-electron chi connectivity index (χ4n) is 2.69. The zero-order valence-corrected chi connectivity index (χ0v) is 13.5. The van der Waals surface area contributed by atoms with Gasteiger partial charge in [0.1, 0.15) is 0 Å². The highest BCUT2D eigenvalue weighted by atomic mass is 32.2. The minimum atomic E-state index is -0.797. The van der Waals surface area contributed by atoms with E-state index in [-0.39, 0.29) is 12.1 Å². The summed E-state index contributed by atoms with van der Waals surface area (Å²) >= 11 is 3.69. The Kier molecular flexibility index (Phi) is 4.33. The zero-order chi connectivity index (χ0) is 15.0. The van der Waals surface area contributed by atoms with E-state index in [0.717, 1.165) is 12.0 Å². The van der Waals surface area contributed by atoms with Crippen molar-refractivity contribution in [3.63, 3.8) is 0 Å². The smallest absolute Gasteiger partial charge is 0.159 e. The summed E-state index contributed by atoms with van der Waals surface area (Å²) in [7, 11) is 0. The highest BCUT2D eigenvalue weighted by Gasteiger charge is 2.27. The lowest BCUT2D eigenvalue weighted by Gasteiger charge is -2.30. The van der Waals surface area contributed by atoms with Crippen molar-refractivity contribution in [3.05, 3.63) is 52.4 Å². The maximum atomic E-state index is 13.4. The van der Waals surface area contributed by atoms with Crippen LogP contribution in [0.25, 0.3) is 0 Å². The highest BCUT2D eigenvalue weighted by Crippen LogP contribution is 2.44. The van der Waals surface area contributed by atoms with Gasteiger partial charge in [-0.2, -0.15) is 0 Å². The third-order valence-electron chi connectivity index (χ3n) is 3.80. The van der Waals surface area contributed by atoms with Crippen molar-refractivity contribution in [1.82, 2.24) is 5.32 Å². The van der Waals surface area contributed by atoms with Crippen LogP contribution in [0.2, 0.25) is 0 Å². The first-order chi connectivity index (χ1) is 10.0. The number of hydrogen-bond donors (Lipinski definition) is 1. The van der Waals surface area contributed by atoms with Crippen molar-refractivity contribution in [2.24, 2.45) is 0 Å². The van der Waals surface area contributed by atoms with Gasteiger partial charge in [0.15, 0.2) is 11.6 Å². The number of halogens is 2. The van der Waals surface area contributed by atoms with Crippen molar-refractivity contribution in [2.75, 3.05) is 0 Å². The number of thiophene rings is 1. The molecule has 2 aromatic rings. The van der Waals surface area contributed by atoms with E-state index in [1.165, 1.54) is 21.9 Å². The van der Waals surface area contributed by atoms with E-state index in [2.05, 4.69) is 23.7 Å². The monoisotopic (exact) mass is 325 g/mol. The second-order valence-electron chi connectivity index (χ2n) is 5.44. The Morgan fingerprint density at radius 3 is 2.81 bits per heavy atom. The molecule has 21 heavy (non-hydrogen) atoms. The van der Waals surface area contributed by atoms with Crippen LogP contribution in [0.5, 0.6) is 0 Å². The van der Waals surface area contributed by atoms with Crippen molar-refractivity contribution < 1.29 is 8.78 Å². The third-order valence-corrected chi connectivity index (χ3v) is 6.15. The van der Waals surface area contributed by atoms with Gasteiger partial charge in [-0.15, -0.1) is 23.1 Å². The molecule has 1 aliphatic rings. The Bertz CT molecular complexity index is 641. The molecule has 0 spiro atoms. The van der Waals surface area contributed by atoms with Gasteiger partial charge >= 0.3 is 0 Å². The molecule has 112 valence electrons. The van der Waals surface area contributed by atoms with Crippen LogP contribution in [0.4, 0.5) is 8.78 Å². The van der Waals surface area contributed by atoms with Gasteiger partial charge < -0.3 is 5.32 Å². The Labute approximate surface area is 131 Å². The Morgan fingerprint density at radius 2 is 2.05 bits per heavy atom. The molecule has 3 atom stereocenters. The predicted molar refractivity (Wildman–Crippen MR) is 84.9 cm³/mol. The van der Waals surface area contributed by atoms with Gasteiger partial charge in [0.25, 0.3) is 0 Å². The number of fused-ring (bicyclic) bond motifs is 1. The number of benzene rings is 1. The summed E-state index contributed by atoms with van der Waals surface area (Å²) in [5.41, 5.74) is 2.11. The van der Waals surface area contributed by atoms with Crippen molar-refractivity contribution >= 4 is 23.1 Å². The van der Waals surface area contributed by atoms with Crippen LogP contribution in [0.1, 0.15) is 43.5 Å². The van der Waals surface area contributed by atoms with E-state index in [4.69, 9.17) is 0 Å². The standard InChI is InChI=1S/C16H17F2NS2/c1-9-7-15(12-5-6-20-16(12)21-9)19-10(2)11-3-4-13(17)14(18)8-11/h3-6,8-10,15,19H,7H2,1-2H3/t9-,10?,15?/m0/s1.